The second-order valence-electron chi connectivity index (χ2n) is 5.34. The number of carbonyl (C=O) groups is 2. The van der Waals surface area contributed by atoms with E-state index in [1.54, 1.807) is 18.2 Å². The quantitative estimate of drug-likeness (QED) is 0.678. The van der Waals surface area contributed by atoms with Crippen LogP contribution < -0.4 is 16.0 Å². The van der Waals surface area contributed by atoms with Crippen molar-refractivity contribution in [1.82, 2.24) is 16.0 Å². The van der Waals surface area contributed by atoms with Crippen LogP contribution in [-0.4, -0.2) is 50.2 Å². The Morgan fingerprint density at radius 1 is 1.39 bits per heavy atom. The van der Waals surface area contributed by atoms with E-state index in [9.17, 15) is 14.0 Å². The van der Waals surface area contributed by atoms with Crippen molar-refractivity contribution in [2.45, 2.75) is 25.7 Å². The van der Waals surface area contributed by atoms with Gasteiger partial charge in [-0.05, 0) is 24.6 Å². The summed E-state index contributed by atoms with van der Waals surface area (Å²) in [6.07, 6.45) is -0.0547. The molecular formula is C16H22FN3O3. The molecule has 23 heavy (non-hydrogen) atoms. The monoisotopic (exact) mass is 323 g/mol. The molecule has 1 heterocycles. The van der Waals surface area contributed by atoms with Gasteiger partial charge in [0.2, 0.25) is 5.91 Å². The largest absolute Gasteiger partial charge is 0.375 e. The topological polar surface area (TPSA) is 79.5 Å². The lowest BCUT2D eigenvalue weighted by Gasteiger charge is -2.19. The van der Waals surface area contributed by atoms with Crippen LogP contribution in [0.3, 0.4) is 0 Å². The van der Waals surface area contributed by atoms with Crippen LogP contribution in [0, 0.1) is 0 Å². The second kappa shape index (κ2) is 8.59. The number of hydrogen-bond acceptors (Lipinski definition) is 4. The average Bonchev–Trinajstić information content (AvgIpc) is 3.00. The lowest BCUT2D eigenvalue weighted by Crippen LogP contribution is -2.47. The van der Waals surface area contributed by atoms with E-state index in [0.29, 0.717) is 30.8 Å². The molecule has 0 spiro atoms. The zero-order chi connectivity index (χ0) is 16.7. The van der Waals surface area contributed by atoms with Gasteiger partial charge in [0, 0.05) is 25.3 Å². The van der Waals surface area contributed by atoms with Crippen molar-refractivity contribution in [2.24, 2.45) is 0 Å². The Balaban J connectivity index is 1.80. The Bertz CT molecular complexity index is 553. The number of rotatable bonds is 7. The molecule has 3 N–H and O–H groups in total. The van der Waals surface area contributed by atoms with E-state index in [1.807, 2.05) is 6.92 Å². The molecule has 6 nitrogen and oxygen atoms in total. The number of benzene rings is 1. The Morgan fingerprint density at radius 3 is 2.96 bits per heavy atom. The zero-order valence-corrected chi connectivity index (χ0v) is 13.1. The molecule has 0 bridgehead atoms. The van der Waals surface area contributed by atoms with Crippen LogP contribution in [0.5, 0.6) is 0 Å². The highest BCUT2D eigenvalue weighted by Gasteiger charge is 2.28. The molecule has 2 amide bonds. The van der Waals surface area contributed by atoms with E-state index < -0.39 is 12.6 Å². The van der Waals surface area contributed by atoms with Crippen LogP contribution >= 0.6 is 0 Å². The summed E-state index contributed by atoms with van der Waals surface area (Å²) in [5.74, 6) is -0.681. The molecule has 1 aromatic rings. The Labute approximate surface area is 134 Å². The highest BCUT2D eigenvalue weighted by atomic mass is 19.1. The van der Waals surface area contributed by atoms with Gasteiger partial charge in [0.15, 0.2) is 0 Å². The first kappa shape index (κ1) is 17.4. The minimum atomic E-state index is -0.630. The van der Waals surface area contributed by atoms with Crippen molar-refractivity contribution in [1.29, 1.82) is 0 Å². The Morgan fingerprint density at radius 2 is 2.22 bits per heavy atom. The number of nitrogens with one attached hydrogen (secondary N) is 3. The van der Waals surface area contributed by atoms with Gasteiger partial charge in [-0.25, -0.2) is 4.39 Å². The molecular weight excluding hydrogens is 301 g/mol. The Kier molecular flexibility index (Phi) is 6.49. The van der Waals surface area contributed by atoms with Crippen LogP contribution in [0.2, 0.25) is 0 Å². The summed E-state index contributed by atoms with van der Waals surface area (Å²) in [6.45, 7) is 3.07. The maximum atomic E-state index is 12.6. The molecule has 1 saturated heterocycles. The number of ether oxygens (including phenoxy) is 1. The second-order valence-corrected chi connectivity index (χ2v) is 5.34. The van der Waals surface area contributed by atoms with Crippen molar-refractivity contribution >= 4 is 11.8 Å². The van der Waals surface area contributed by atoms with E-state index in [2.05, 4.69) is 16.0 Å². The summed E-state index contributed by atoms with van der Waals surface area (Å²) < 4.78 is 18.1. The first-order valence-corrected chi connectivity index (χ1v) is 7.68. The fourth-order valence-corrected chi connectivity index (χ4v) is 2.50. The van der Waals surface area contributed by atoms with Crippen molar-refractivity contribution in [2.75, 3.05) is 26.2 Å². The molecule has 0 aliphatic carbocycles. The Hall–Kier alpha value is -1.99. The number of halogens is 1. The van der Waals surface area contributed by atoms with Crippen LogP contribution in [0.25, 0.3) is 0 Å². The van der Waals surface area contributed by atoms with Gasteiger partial charge < -0.3 is 20.7 Å². The van der Waals surface area contributed by atoms with E-state index in [0.717, 1.165) is 0 Å². The van der Waals surface area contributed by atoms with Gasteiger partial charge in [0.1, 0.15) is 6.67 Å². The van der Waals surface area contributed by atoms with Crippen LogP contribution in [0.15, 0.2) is 24.3 Å². The molecule has 1 fully saturated rings. The zero-order valence-electron chi connectivity index (χ0n) is 13.1. The molecule has 1 aromatic carbocycles. The number of alkyl halides is 1. The molecule has 0 aromatic heterocycles. The molecule has 0 saturated carbocycles. The van der Waals surface area contributed by atoms with E-state index in [4.69, 9.17) is 4.74 Å². The minimum Gasteiger partial charge on any atom is -0.375 e. The van der Waals surface area contributed by atoms with Crippen molar-refractivity contribution in [3.63, 3.8) is 0 Å². The highest BCUT2D eigenvalue weighted by Crippen LogP contribution is 2.07. The molecule has 1 aliphatic rings. The van der Waals surface area contributed by atoms with Gasteiger partial charge in [-0.1, -0.05) is 12.1 Å². The maximum absolute atomic E-state index is 12.6. The van der Waals surface area contributed by atoms with Crippen molar-refractivity contribution in [3.05, 3.63) is 35.4 Å². The summed E-state index contributed by atoms with van der Waals surface area (Å²) in [4.78, 5) is 23.9. The number of amides is 2. The van der Waals surface area contributed by atoms with Crippen molar-refractivity contribution in [3.8, 4) is 0 Å². The summed E-state index contributed by atoms with van der Waals surface area (Å²) in [5.41, 5.74) is 0.765. The fraction of sp³-hybridized carbons (Fsp3) is 0.500. The number of carbonyl (C=O) groups excluding carboxylic acids is 2. The third kappa shape index (κ3) is 5.01. The van der Waals surface area contributed by atoms with Gasteiger partial charge in [0.05, 0.1) is 18.7 Å². The van der Waals surface area contributed by atoms with Crippen LogP contribution in [-0.2, 0) is 16.2 Å². The molecule has 0 radical (unpaired) electrons. The lowest BCUT2D eigenvalue weighted by molar-refractivity contribution is -0.121. The molecule has 2 rings (SSSR count). The molecule has 1 aliphatic heterocycles. The smallest absolute Gasteiger partial charge is 0.251 e. The van der Waals surface area contributed by atoms with Gasteiger partial charge in [-0.2, -0.15) is 0 Å². The van der Waals surface area contributed by atoms with Gasteiger partial charge in [0.25, 0.3) is 5.91 Å². The van der Waals surface area contributed by atoms with Gasteiger partial charge >= 0.3 is 0 Å². The predicted octanol–water partition coefficient (Wildman–Crippen LogP) is 0.379. The standard InChI is InChI=1S/C16H22FN3O3/c1-2-23-14-9-18-8-13(14)20-15(21)10-19-16(22)12-5-3-4-11(6-12)7-17/h3-6,13-14,18H,2,7-10H2,1H3,(H,19,22)(H,20,21)/t13-,14?/m0/s1. The average molecular weight is 323 g/mol. The first-order chi connectivity index (χ1) is 11.1. The van der Waals surface area contributed by atoms with E-state index in [1.165, 1.54) is 6.07 Å². The summed E-state index contributed by atoms with van der Waals surface area (Å²) in [7, 11) is 0. The fourth-order valence-electron chi connectivity index (χ4n) is 2.50. The SMILES string of the molecule is CCOC1CNC[C@@H]1NC(=O)CNC(=O)c1cccc(CF)c1. The van der Waals surface area contributed by atoms with Crippen LogP contribution in [0.4, 0.5) is 4.39 Å². The van der Waals surface area contributed by atoms with Gasteiger partial charge in [-0.15, -0.1) is 0 Å². The third-order valence-electron chi connectivity index (χ3n) is 3.64. The molecule has 7 heteroatoms. The highest BCUT2D eigenvalue weighted by molar-refractivity contribution is 5.96. The summed E-state index contributed by atoms with van der Waals surface area (Å²) in [6, 6.07) is 6.16. The first-order valence-electron chi connectivity index (χ1n) is 7.68. The third-order valence-corrected chi connectivity index (χ3v) is 3.64. The summed E-state index contributed by atoms with van der Waals surface area (Å²) in [5, 5.41) is 8.53. The summed E-state index contributed by atoms with van der Waals surface area (Å²) >= 11 is 0. The van der Waals surface area contributed by atoms with E-state index >= 15 is 0 Å². The van der Waals surface area contributed by atoms with Crippen LogP contribution in [0.1, 0.15) is 22.8 Å². The lowest BCUT2D eigenvalue weighted by atomic mass is 10.1. The normalized spacial score (nSPS) is 20.3. The molecule has 1 unspecified atom stereocenters. The van der Waals surface area contributed by atoms with E-state index in [-0.39, 0.29) is 24.6 Å². The van der Waals surface area contributed by atoms with Crippen molar-refractivity contribution < 1.29 is 18.7 Å². The molecule has 126 valence electrons. The predicted molar refractivity (Wildman–Crippen MR) is 83.8 cm³/mol. The minimum absolute atomic E-state index is 0.0547. The maximum Gasteiger partial charge on any atom is 0.251 e. The molecule has 2 atom stereocenters. The number of hydrogen-bond donors (Lipinski definition) is 3. The van der Waals surface area contributed by atoms with Gasteiger partial charge in [-0.3, -0.25) is 9.59 Å².